The number of fused-ring (bicyclic) bond motifs is 7. The summed E-state index contributed by atoms with van der Waals surface area (Å²) in [4.78, 5) is 17.3. The van der Waals surface area contributed by atoms with Crippen LogP contribution in [-0.2, 0) is 13.1 Å². The maximum absolute atomic E-state index is 12.0. The number of aromatic nitrogens is 3. The predicted octanol–water partition coefficient (Wildman–Crippen LogP) is 7.86. The van der Waals surface area contributed by atoms with Gasteiger partial charge in [-0.15, -0.1) is 0 Å². The number of hydrogen-bond donors (Lipinski definition) is 1. The second-order valence-electron chi connectivity index (χ2n) is 12.7. The molecule has 1 aliphatic carbocycles. The van der Waals surface area contributed by atoms with E-state index in [9.17, 15) is 9.90 Å². The second kappa shape index (κ2) is 8.22. The normalized spacial score (nSPS) is 19.9. The van der Waals surface area contributed by atoms with Crippen molar-refractivity contribution in [2.45, 2.75) is 85.2 Å². The number of nitrogens with zero attached hydrogens (tertiary/aromatic N) is 3. The molecule has 2 aromatic carbocycles. The Morgan fingerprint density at radius 3 is 2.33 bits per heavy atom. The third-order valence-electron chi connectivity index (χ3n) is 8.36. The van der Waals surface area contributed by atoms with E-state index in [-0.39, 0.29) is 10.8 Å². The highest BCUT2D eigenvalue weighted by Gasteiger charge is 2.37. The molecule has 1 aliphatic heterocycles. The first-order valence-corrected chi connectivity index (χ1v) is 13.5. The number of para-hydroxylation sites is 2. The number of imidazole rings is 1. The fourth-order valence-electron chi connectivity index (χ4n) is 7.40. The number of rotatable bonds is 2. The van der Waals surface area contributed by atoms with Crippen LogP contribution in [0, 0.1) is 10.8 Å². The van der Waals surface area contributed by atoms with Gasteiger partial charge in [0.15, 0.2) is 5.82 Å². The molecular weight excluding hydrogens is 446 g/mol. The van der Waals surface area contributed by atoms with Crippen LogP contribution >= 0.6 is 0 Å². The number of hydrogen-bond acceptors (Lipinski definition) is 2. The average Bonchev–Trinajstić information content (AvgIpc) is 3.33. The van der Waals surface area contributed by atoms with Gasteiger partial charge in [-0.25, -0.2) is 9.78 Å². The van der Waals surface area contributed by atoms with E-state index in [1.54, 1.807) is 6.07 Å². The van der Waals surface area contributed by atoms with E-state index < -0.39 is 5.97 Å². The van der Waals surface area contributed by atoms with E-state index in [1.807, 2.05) is 6.07 Å². The molecule has 1 fully saturated rings. The van der Waals surface area contributed by atoms with E-state index in [2.05, 4.69) is 67.2 Å². The van der Waals surface area contributed by atoms with Crippen molar-refractivity contribution in [1.82, 2.24) is 14.1 Å². The fourth-order valence-corrected chi connectivity index (χ4v) is 7.40. The molecule has 0 unspecified atom stereocenters. The van der Waals surface area contributed by atoms with Gasteiger partial charge in [0.05, 0.1) is 22.3 Å². The Bertz CT molecular complexity index is 1480. The molecule has 5 heteroatoms. The zero-order chi connectivity index (χ0) is 25.2. The molecule has 4 aromatic rings. The molecular formula is C31H37N3O2. The Labute approximate surface area is 213 Å². The van der Waals surface area contributed by atoms with Gasteiger partial charge in [-0.1, -0.05) is 65.2 Å². The molecule has 0 spiro atoms. The van der Waals surface area contributed by atoms with Crippen molar-refractivity contribution in [2.75, 3.05) is 0 Å². The van der Waals surface area contributed by atoms with Crippen LogP contribution in [0.15, 0.2) is 42.5 Å². The molecule has 36 heavy (non-hydrogen) atoms. The van der Waals surface area contributed by atoms with Crippen LogP contribution in [0.4, 0.5) is 0 Å². The number of carboxylic acid groups (broad SMARTS) is 1. The SMILES string of the molecule is CC1(C)Cn2c(nc3ccccc32)-c2c(C3CCCCC3)c3ccc(C(=O)O)cc3n2CC(C)(C)C1. The highest BCUT2D eigenvalue weighted by Crippen LogP contribution is 2.48. The lowest BCUT2D eigenvalue weighted by Crippen LogP contribution is -2.29. The van der Waals surface area contributed by atoms with E-state index in [1.165, 1.54) is 54.3 Å². The van der Waals surface area contributed by atoms with Crippen molar-refractivity contribution >= 4 is 27.9 Å². The Morgan fingerprint density at radius 1 is 0.917 bits per heavy atom. The van der Waals surface area contributed by atoms with Crippen LogP contribution in [0.25, 0.3) is 33.5 Å². The summed E-state index contributed by atoms with van der Waals surface area (Å²) in [5.41, 5.74) is 6.31. The van der Waals surface area contributed by atoms with Gasteiger partial charge in [-0.2, -0.15) is 0 Å². The largest absolute Gasteiger partial charge is 0.478 e. The molecule has 188 valence electrons. The summed E-state index contributed by atoms with van der Waals surface area (Å²) in [7, 11) is 0. The van der Waals surface area contributed by atoms with E-state index in [0.29, 0.717) is 11.5 Å². The summed E-state index contributed by atoms with van der Waals surface area (Å²) in [6, 6.07) is 14.2. The van der Waals surface area contributed by atoms with Crippen LogP contribution in [0.3, 0.4) is 0 Å². The van der Waals surface area contributed by atoms with Gasteiger partial charge < -0.3 is 14.2 Å². The Kier molecular flexibility index (Phi) is 5.33. The molecule has 1 saturated carbocycles. The van der Waals surface area contributed by atoms with Crippen LogP contribution in [-0.4, -0.2) is 25.2 Å². The van der Waals surface area contributed by atoms with Crippen molar-refractivity contribution in [3.63, 3.8) is 0 Å². The summed E-state index contributed by atoms with van der Waals surface area (Å²) < 4.78 is 4.89. The first-order chi connectivity index (χ1) is 17.1. The molecule has 0 saturated heterocycles. The first kappa shape index (κ1) is 23.3. The molecule has 2 aromatic heterocycles. The summed E-state index contributed by atoms with van der Waals surface area (Å²) in [5, 5.41) is 11.1. The van der Waals surface area contributed by atoms with Crippen molar-refractivity contribution in [3.8, 4) is 11.5 Å². The highest BCUT2D eigenvalue weighted by molar-refractivity contribution is 5.98. The van der Waals surface area contributed by atoms with Crippen LogP contribution in [0.1, 0.15) is 88.1 Å². The minimum Gasteiger partial charge on any atom is -0.478 e. The third kappa shape index (κ3) is 3.84. The number of aromatic carboxylic acids is 1. The molecule has 0 atom stereocenters. The molecule has 0 radical (unpaired) electrons. The van der Waals surface area contributed by atoms with Crippen LogP contribution in [0.2, 0.25) is 0 Å². The molecule has 0 bridgehead atoms. The summed E-state index contributed by atoms with van der Waals surface area (Å²) in [6.45, 7) is 11.2. The first-order valence-electron chi connectivity index (χ1n) is 13.5. The molecule has 1 N–H and O–H groups in total. The standard InChI is InChI=1S/C31H37N3O2/c1-30(2)17-31(3,4)19-34-24-13-9-8-12-23(24)32-28(34)27-26(20-10-6-5-7-11-20)22-15-14-21(29(35)36)16-25(22)33(27)18-30/h8-9,12-16,20H,5-7,10-11,17-19H2,1-4H3,(H,35,36). The zero-order valence-electron chi connectivity index (χ0n) is 22.0. The Hall–Kier alpha value is -3.08. The van der Waals surface area contributed by atoms with Gasteiger partial charge in [0.2, 0.25) is 0 Å². The number of benzene rings is 2. The molecule has 5 nitrogen and oxygen atoms in total. The smallest absolute Gasteiger partial charge is 0.335 e. The van der Waals surface area contributed by atoms with Crippen LogP contribution in [0.5, 0.6) is 0 Å². The van der Waals surface area contributed by atoms with Crippen molar-refractivity contribution in [2.24, 2.45) is 10.8 Å². The van der Waals surface area contributed by atoms with Crippen LogP contribution < -0.4 is 0 Å². The summed E-state index contributed by atoms with van der Waals surface area (Å²) in [6.07, 6.45) is 7.22. The maximum Gasteiger partial charge on any atom is 0.335 e. The van der Waals surface area contributed by atoms with Crippen molar-refractivity contribution in [1.29, 1.82) is 0 Å². The van der Waals surface area contributed by atoms with Crippen molar-refractivity contribution in [3.05, 3.63) is 53.6 Å². The lowest BCUT2D eigenvalue weighted by molar-refractivity contribution is 0.0697. The minimum absolute atomic E-state index is 0.0348. The topological polar surface area (TPSA) is 60.1 Å². The summed E-state index contributed by atoms with van der Waals surface area (Å²) in [5.74, 6) is 0.635. The van der Waals surface area contributed by atoms with Gasteiger partial charge in [0.25, 0.3) is 0 Å². The van der Waals surface area contributed by atoms with E-state index in [0.717, 1.165) is 36.4 Å². The summed E-state index contributed by atoms with van der Waals surface area (Å²) >= 11 is 0. The Morgan fingerprint density at radius 2 is 1.61 bits per heavy atom. The number of carbonyl (C=O) groups is 1. The highest BCUT2D eigenvalue weighted by atomic mass is 16.4. The maximum atomic E-state index is 12.0. The molecule has 0 amide bonds. The van der Waals surface area contributed by atoms with E-state index >= 15 is 0 Å². The average molecular weight is 484 g/mol. The third-order valence-corrected chi connectivity index (χ3v) is 8.36. The predicted molar refractivity (Wildman–Crippen MR) is 146 cm³/mol. The minimum atomic E-state index is -0.873. The molecule has 6 rings (SSSR count). The lowest BCUT2D eigenvalue weighted by Gasteiger charge is -2.35. The van der Waals surface area contributed by atoms with Gasteiger partial charge >= 0.3 is 5.97 Å². The van der Waals surface area contributed by atoms with Gasteiger partial charge in [0, 0.05) is 24.0 Å². The zero-order valence-corrected chi connectivity index (χ0v) is 22.0. The monoisotopic (exact) mass is 483 g/mol. The van der Waals surface area contributed by atoms with Gasteiger partial charge in [-0.05, 0) is 65.8 Å². The molecule has 3 heterocycles. The lowest BCUT2D eigenvalue weighted by atomic mass is 9.75. The fraction of sp³-hybridized carbons (Fsp3) is 0.484. The Balaban J connectivity index is 1.75. The number of carboxylic acids is 1. The van der Waals surface area contributed by atoms with Gasteiger partial charge in [0.1, 0.15) is 0 Å². The van der Waals surface area contributed by atoms with Crippen molar-refractivity contribution < 1.29 is 9.90 Å². The quantitative estimate of drug-likeness (QED) is 0.316. The second-order valence-corrected chi connectivity index (χ2v) is 12.7. The molecule has 2 aliphatic rings. The van der Waals surface area contributed by atoms with Gasteiger partial charge in [-0.3, -0.25) is 0 Å². The van der Waals surface area contributed by atoms with E-state index in [4.69, 9.17) is 4.98 Å².